The number of carbonyl (C=O) groups is 2. The Morgan fingerprint density at radius 2 is 1.90 bits per heavy atom. The lowest BCUT2D eigenvalue weighted by molar-refractivity contribution is -0.138. The highest BCUT2D eigenvalue weighted by atomic mass is 16.6. The summed E-state index contributed by atoms with van der Waals surface area (Å²) < 4.78 is 8.72. The number of nitrogens with zero attached hydrogens (tertiary/aromatic N) is 1. The number of isocyanates is 1. The van der Waals surface area contributed by atoms with E-state index < -0.39 is 12.1 Å². The van der Waals surface area contributed by atoms with E-state index in [0.29, 0.717) is 6.54 Å². The average molecular weight is 286 g/mol. The van der Waals surface area contributed by atoms with Crippen LogP contribution in [0.5, 0.6) is 0 Å². The Labute approximate surface area is 118 Å². The first-order valence-electron chi connectivity index (χ1n) is 6.33. The monoisotopic (exact) mass is 286 g/mol. The Bertz CT molecular complexity index is 325. The normalized spacial score (nSPS) is 8.45. The van der Waals surface area contributed by atoms with Crippen molar-refractivity contribution in [2.24, 2.45) is 10.7 Å². The number of aliphatic imine (C=N–C) groups is 1. The molecule has 0 radical (unpaired) electrons. The third-order valence-electron chi connectivity index (χ3n) is 1.93. The molecule has 0 heterocycles. The molecule has 0 aliphatic carbocycles. The number of carbonyl (C=O) groups excluding carboxylic acids is 3. The largest absolute Gasteiger partial charge is 0.459 e. The second kappa shape index (κ2) is 16.9. The van der Waals surface area contributed by atoms with Gasteiger partial charge in [0.1, 0.15) is 13.2 Å². The lowest BCUT2D eigenvalue weighted by atomic mass is 10.2. The zero-order valence-corrected chi connectivity index (χ0v) is 11.8. The molecule has 1 amide bonds. The van der Waals surface area contributed by atoms with Crippen molar-refractivity contribution in [2.45, 2.75) is 32.6 Å². The predicted molar refractivity (Wildman–Crippen MR) is 73.8 cm³/mol. The van der Waals surface area contributed by atoms with Gasteiger partial charge in [-0.25, -0.2) is 19.4 Å². The number of ether oxygens (including phenoxy) is 2. The molecule has 2 N–H and O–H groups in total. The predicted octanol–water partition coefficient (Wildman–Crippen LogP) is 1.71. The van der Waals surface area contributed by atoms with Crippen LogP contribution in [0.25, 0.3) is 0 Å². The number of hydrogen-bond donors (Lipinski definition) is 1. The van der Waals surface area contributed by atoms with Gasteiger partial charge in [-0.3, -0.25) is 0 Å². The highest BCUT2D eigenvalue weighted by Gasteiger charge is 1.96. The van der Waals surface area contributed by atoms with Crippen LogP contribution < -0.4 is 5.73 Å². The summed E-state index contributed by atoms with van der Waals surface area (Å²) in [6, 6.07) is 0. The molecule has 0 aliphatic rings. The number of esters is 1. The van der Waals surface area contributed by atoms with Gasteiger partial charge in [-0.1, -0.05) is 32.8 Å². The maximum atomic E-state index is 10.3. The molecule has 0 aliphatic heterocycles. The molecule has 0 aromatic heterocycles. The minimum atomic E-state index is -0.889. The zero-order chi connectivity index (χ0) is 15.6. The Hall–Kier alpha value is -2.14. The Morgan fingerprint density at radius 3 is 2.40 bits per heavy atom. The number of primary amides is 1. The van der Waals surface area contributed by atoms with E-state index in [2.05, 4.69) is 33.7 Å². The van der Waals surface area contributed by atoms with E-state index in [0.717, 1.165) is 12.5 Å². The van der Waals surface area contributed by atoms with Crippen LogP contribution in [0.2, 0.25) is 0 Å². The van der Waals surface area contributed by atoms with Gasteiger partial charge in [-0.05, 0) is 6.42 Å². The van der Waals surface area contributed by atoms with Gasteiger partial charge in [-0.15, -0.1) is 0 Å². The maximum Gasteiger partial charge on any atom is 0.404 e. The van der Waals surface area contributed by atoms with Crippen LogP contribution in [0, 0.1) is 0 Å². The molecule has 7 heteroatoms. The van der Waals surface area contributed by atoms with Gasteiger partial charge in [0.2, 0.25) is 6.08 Å². The van der Waals surface area contributed by atoms with Gasteiger partial charge in [0.15, 0.2) is 0 Å². The Morgan fingerprint density at radius 1 is 1.25 bits per heavy atom. The summed E-state index contributed by atoms with van der Waals surface area (Å²) in [6.07, 6.45) is 6.33. The number of unbranched alkanes of at least 4 members (excludes halogenated alkanes) is 3. The molecule has 0 aromatic carbocycles. The van der Waals surface area contributed by atoms with Crippen LogP contribution in [-0.2, 0) is 19.1 Å². The van der Waals surface area contributed by atoms with Crippen LogP contribution >= 0.6 is 0 Å². The van der Waals surface area contributed by atoms with Gasteiger partial charge in [-0.2, -0.15) is 0 Å². The first-order chi connectivity index (χ1) is 9.58. The molecule has 0 rings (SSSR count). The van der Waals surface area contributed by atoms with Crippen LogP contribution in [0.3, 0.4) is 0 Å². The van der Waals surface area contributed by atoms with Crippen molar-refractivity contribution in [2.75, 3.05) is 19.8 Å². The van der Waals surface area contributed by atoms with Crippen molar-refractivity contribution >= 4 is 18.1 Å². The summed E-state index contributed by atoms with van der Waals surface area (Å²) in [7, 11) is 0. The van der Waals surface area contributed by atoms with Crippen molar-refractivity contribution < 1.29 is 23.9 Å². The molecule has 0 saturated carbocycles. The lowest BCUT2D eigenvalue weighted by Gasteiger charge is -2.00. The van der Waals surface area contributed by atoms with Gasteiger partial charge >= 0.3 is 12.1 Å². The second-order valence-corrected chi connectivity index (χ2v) is 3.57. The van der Waals surface area contributed by atoms with Crippen LogP contribution in [0.1, 0.15) is 32.6 Å². The fourth-order valence-corrected chi connectivity index (χ4v) is 1.01. The summed E-state index contributed by atoms with van der Waals surface area (Å²) in [5.74, 6) is -0.557. The van der Waals surface area contributed by atoms with Crippen molar-refractivity contribution in [3.8, 4) is 0 Å². The molecule has 0 aromatic rings. The SMILES string of the molecule is C=CC(=O)OCCOC(N)=O.CCCCCCN=C=O. The summed E-state index contributed by atoms with van der Waals surface area (Å²) in [6.45, 7) is 5.94. The van der Waals surface area contributed by atoms with Crippen LogP contribution in [-0.4, -0.2) is 37.9 Å². The van der Waals surface area contributed by atoms with Crippen molar-refractivity contribution in [1.82, 2.24) is 0 Å². The fourth-order valence-electron chi connectivity index (χ4n) is 1.01. The van der Waals surface area contributed by atoms with E-state index in [1.807, 2.05) is 0 Å². The first-order valence-corrected chi connectivity index (χ1v) is 6.33. The van der Waals surface area contributed by atoms with Crippen molar-refractivity contribution in [3.63, 3.8) is 0 Å². The summed E-state index contributed by atoms with van der Waals surface area (Å²) >= 11 is 0. The van der Waals surface area contributed by atoms with E-state index in [4.69, 9.17) is 0 Å². The third-order valence-corrected chi connectivity index (χ3v) is 1.93. The molecule has 0 atom stereocenters. The molecule has 0 bridgehead atoms. The molecule has 0 spiro atoms. The quantitative estimate of drug-likeness (QED) is 0.228. The van der Waals surface area contributed by atoms with Crippen molar-refractivity contribution in [1.29, 1.82) is 0 Å². The van der Waals surface area contributed by atoms with Gasteiger partial charge < -0.3 is 15.2 Å². The zero-order valence-electron chi connectivity index (χ0n) is 11.8. The molecule has 114 valence electrons. The molecule has 0 unspecified atom stereocenters. The highest BCUT2D eigenvalue weighted by Crippen LogP contribution is 1.97. The Kier molecular flexibility index (Phi) is 17.0. The fraction of sp³-hybridized carbons (Fsp3) is 0.615. The minimum absolute atomic E-state index is 0.00616. The number of hydrogen-bond acceptors (Lipinski definition) is 6. The topological polar surface area (TPSA) is 108 Å². The third kappa shape index (κ3) is 21.2. The average Bonchev–Trinajstić information content (AvgIpc) is 2.43. The number of amides is 1. The van der Waals surface area contributed by atoms with Gasteiger partial charge in [0.05, 0.1) is 6.54 Å². The first kappa shape index (κ1) is 20.2. The highest BCUT2D eigenvalue weighted by molar-refractivity contribution is 5.81. The minimum Gasteiger partial charge on any atom is -0.459 e. The van der Waals surface area contributed by atoms with Crippen LogP contribution in [0.15, 0.2) is 17.6 Å². The Balaban J connectivity index is 0. The second-order valence-electron chi connectivity index (χ2n) is 3.57. The van der Waals surface area contributed by atoms with Gasteiger partial charge in [0.25, 0.3) is 0 Å². The smallest absolute Gasteiger partial charge is 0.404 e. The summed E-state index contributed by atoms with van der Waals surface area (Å²) in [5, 5.41) is 0. The van der Waals surface area contributed by atoms with E-state index >= 15 is 0 Å². The maximum absolute atomic E-state index is 10.3. The standard InChI is InChI=1S/C7H13NO.C6H9NO4/c1-2-3-4-5-6-8-7-9;1-2-5(8)10-3-4-11-6(7)9/h2-6H2,1H3;2H,1,3-4H2,(H2,7,9). The van der Waals surface area contributed by atoms with E-state index in [9.17, 15) is 14.4 Å². The van der Waals surface area contributed by atoms with E-state index in [-0.39, 0.29) is 13.2 Å². The summed E-state index contributed by atoms with van der Waals surface area (Å²) in [4.78, 5) is 33.3. The van der Waals surface area contributed by atoms with Gasteiger partial charge in [0, 0.05) is 6.08 Å². The molecule has 20 heavy (non-hydrogen) atoms. The van der Waals surface area contributed by atoms with Crippen molar-refractivity contribution in [3.05, 3.63) is 12.7 Å². The number of rotatable bonds is 9. The molecular weight excluding hydrogens is 264 g/mol. The lowest BCUT2D eigenvalue weighted by Crippen LogP contribution is -2.17. The molecule has 7 nitrogen and oxygen atoms in total. The van der Waals surface area contributed by atoms with Crippen LogP contribution in [0.4, 0.5) is 4.79 Å². The van der Waals surface area contributed by atoms with E-state index in [1.54, 1.807) is 0 Å². The van der Waals surface area contributed by atoms with E-state index in [1.165, 1.54) is 25.3 Å². The molecule has 0 saturated heterocycles. The molecular formula is C13H22N2O5. The summed E-state index contributed by atoms with van der Waals surface area (Å²) in [5.41, 5.74) is 4.62. The molecule has 0 fully saturated rings. The number of nitrogens with two attached hydrogens (primary N) is 1.